The molecular weight excluding hydrogens is 801 g/mol. The highest BCUT2D eigenvalue weighted by molar-refractivity contribution is 7.86. The molecular formula is C36H42O15S4. The van der Waals surface area contributed by atoms with Crippen molar-refractivity contribution in [3.63, 3.8) is 0 Å². The summed E-state index contributed by atoms with van der Waals surface area (Å²) in [4.78, 5) is 10.4. The Morgan fingerprint density at radius 1 is 0.564 bits per heavy atom. The van der Waals surface area contributed by atoms with E-state index in [0.29, 0.717) is 38.2 Å². The van der Waals surface area contributed by atoms with Crippen molar-refractivity contribution in [1.82, 2.24) is 0 Å². The number of hydrogen-bond acceptors (Lipinski definition) is 11. The molecule has 0 aromatic heterocycles. The normalized spacial score (nSPS) is 14.1. The summed E-state index contributed by atoms with van der Waals surface area (Å²) >= 11 is 0. The molecule has 1 atom stereocenters. The van der Waals surface area contributed by atoms with Crippen LogP contribution in [0.1, 0.15) is 95.1 Å². The summed E-state index contributed by atoms with van der Waals surface area (Å²) < 4.78 is 152. The third kappa shape index (κ3) is 9.54. The molecule has 0 saturated heterocycles. The van der Waals surface area contributed by atoms with Crippen molar-refractivity contribution in [3.8, 4) is 17.2 Å². The lowest BCUT2D eigenvalue weighted by molar-refractivity contribution is 0.0707. The minimum absolute atomic E-state index is 0.00161. The molecule has 19 heteroatoms. The van der Waals surface area contributed by atoms with Crippen molar-refractivity contribution >= 4 is 57.0 Å². The lowest BCUT2D eigenvalue weighted by Crippen LogP contribution is -2.31. The molecule has 0 radical (unpaired) electrons. The number of benzene rings is 4. The fourth-order valence-corrected chi connectivity index (χ4v) is 8.92. The molecule has 0 aliphatic rings. The van der Waals surface area contributed by atoms with Crippen LogP contribution in [0.15, 0.2) is 80.2 Å². The number of carbonyl (C=O) groups excluding carboxylic acids is 1. The van der Waals surface area contributed by atoms with Gasteiger partial charge in [0.05, 0.1) is 4.90 Å². The zero-order valence-electron chi connectivity index (χ0n) is 30.7. The van der Waals surface area contributed by atoms with Crippen molar-refractivity contribution in [1.29, 1.82) is 0 Å². The predicted molar refractivity (Wildman–Crippen MR) is 202 cm³/mol. The Morgan fingerprint density at radius 3 is 1.45 bits per heavy atom. The van der Waals surface area contributed by atoms with E-state index in [2.05, 4.69) is 0 Å². The van der Waals surface area contributed by atoms with Gasteiger partial charge in [-0.3, -0.25) is 23.0 Å². The molecule has 4 rings (SSSR count). The SMILES string of the molecule is CCCC(C)(CC)Oc1cc2cc(S(=O)(=O)O)c(Oc3ccc(C(=O)c4ccc(C(C)(CC)CC)c(S(=O)(=O)O)c4)cc3S(=O)(=O)O)cc2cc1S(=O)(=O)O. The number of carbonyl (C=O) groups is 1. The molecule has 4 aromatic rings. The van der Waals surface area contributed by atoms with Crippen LogP contribution in [0.3, 0.4) is 0 Å². The second-order valence-corrected chi connectivity index (χ2v) is 19.1. The number of ether oxygens (including phenoxy) is 2. The summed E-state index contributed by atoms with van der Waals surface area (Å²) in [5, 5.41) is -0.0710. The average Bonchev–Trinajstić information content (AvgIpc) is 3.08. The minimum atomic E-state index is -5.26. The van der Waals surface area contributed by atoms with E-state index in [0.717, 1.165) is 42.5 Å². The van der Waals surface area contributed by atoms with Crippen LogP contribution < -0.4 is 9.47 Å². The van der Waals surface area contributed by atoms with E-state index in [1.54, 1.807) is 20.8 Å². The topological polar surface area (TPSA) is 253 Å². The van der Waals surface area contributed by atoms with Crippen LogP contribution in [0, 0.1) is 0 Å². The summed E-state index contributed by atoms with van der Waals surface area (Å²) in [7, 11) is -20.2. The standard InChI is InChI=1S/C36H42O15S4/c1-7-15-36(6,10-4)51-29-17-25-20-32(54(44,45)46)28(16-24(25)21-33(29)55(47,48)49)50-27-14-12-23(19-31(27)53(41,42)43)34(37)22-11-13-26(35(5,8-2)9-3)30(18-22)52(38,39)40/h11-14,16-21H,7-10,15H2,1-6H3,(H,38,39,40)(H,41,42,43)(H,44,45,46)(H,47,48,49). The molecule has 0 aliphatic carbocycles. The van der Waals surface area contributed by atoms with E-state index in [-0.39, 0.29) is 27.6 Å². The van der Waals surface area contributed by atoms with Gasteiger partial charge in [-0.25, -0.2) is 0 Å². The van der Waals surface area contributed by atoms with Crippen LogP contribution in [0.4, 0.5) is 0 Å². The highest BCUT2D eigenvalue weighted by Gasteiger charge is 2.32. The van der Waals surface area contributed by atoms with Crippen molar-refractivity contribution < 1.29 is 66.2 Å². The highest BCUT2D eigenvalue weighted by Crippen LogP contribution is 2.41. The first-order chi connectivity index (χ1) is 25.2. The van der Waals surface area contributed by atoms with Gasteiger partial charge in [-0.15, -0.1) is 0 Å². The third-order valence-corrected chi connectivity index (χ3v) is 13.4. The minimum Gasteiger partial charge on any atom is -0.486 e. The molecule has 0 amide bonds. The Bertz CT molecular complexity index is 2610. The quantitative estimate of drug-likeness (QED) is 0.0639. The molecule has 0 fully saturated rings. The monoisotopic (exact) mass is 842 g/mol. The van der Waals surface area contributed by atoms with Gasteiger partial charge in [0, 0.05) is 11.1 Å². The molecule has 0 spiro atoms. The summed E-state index contributed by atoms with van der Waals surface area (Å²) in [6, 6.07) is 10.2. The molecule has 0 aliphatic heterocycles. The van der Waals surface area contributed by atoms with E-state index >= 15 is 0 Å². The zero-order chi connectivity index (χ0) is 41.5. The number of ketones is 1. The van der Waals surface area contributed by atoms with E-state index in [4.69, 9.17) is 9.47 Å². The van der Waals surface area contributed by atoms with Crippen molar-refractivity contribution in [2.75, 3.05) is 0 Å². The van der Waals surface area contributed by atoms with Crippen LogP contribution >= 0.6 is 0 Å². The van der Waals surface area contributed by atoms with E-state index in [1.165, 1.54) is 12.1 Å². The fourth-order valence-electron chi connectivity index (χ4n) is 6.15. The molecule has 4 aromatic carbocycles. The number of fused-ring (bicyclic) bond motifs is 1. The molecule has 300 valence electrons. The van der Waals surface area contributed by atoms with Crippen LogP contribution in [0.5, 0.6) is 17.2 Å². The Morgan fingerprint density at radius 2 is 1.00 bits per heavy atom. The number of rotatable bonds is 16. The summed E-state index contributed by atoms with van der Waals surface area (Å²) in [6.45, 7) is 10.9. The number of hydrogen-bond donors (Lipinski definition) is 4. The van der Waals surface area contributed by atoms with Gasteiger partial charge in [0.15, 0.2) is 5.78 Å². The molecule has 0 saturated carbocycles. The second-order valence-electron chi connectivity index (χ2n) is 13.6. The third-order valence-electron chi connectivity index (χ3n) is 9.84. The van der Waals surface area contributed by atoms with Gasteiger partial charge in [0.2, 0.25) is 0 Å². The lowest BCUT2D eigenvalue weighted by atomic mass is 9.77. The van der Waals surface area contributed by atoms with Gasteiger partial charge in [0.25, 0.3) is 40.5 Å². The van der Waals surface area contributed by atoms with E-state index < -0.39 is 93.9 Å². The fraction of sp³-hybridized carbons (Fsp3) is 0.361. The Balaban J connectivity index is 1.89. The van der Waals surface area contributed by atoms with Gasteiger partial charge in [-0.2, -0.15) is 33.7 Å². The molecule has 15 nitrogen and oxygen atoms in total. The van der Waals surface area contributed by atoms with E-state index in [9.17, 15) is 56.7 Å². The Hall–Kier alpha value is -3.95. The molecule has 0 heterocycles. The van der Waals surface area contributed by atoms with E-state index in [1.807, 2.05) is 20.8 Å². The first-order valence-corrected chi connectivity index (χ1v) is 22.7. The smallest absolute Gasteiger partial charge is 0.298 e. The maximum atomic E-state index is 13.6. The molecule has 55 heavy (non-hydrogen) atoms. The molecule has 1 unspecified atom stereocenters. The van der Waals surface area contributed by atoms with Gasteiger partial charge in [0.1, 0.15) is 37.5 Å². The zero-order valence-corrected chi connectivity index (χ0v) is 34.0. The van der Waals surface area contributed by atoms with Gasteiger partial charge in [-0.1, -0.05) is 53.2 Å². The first kappa shape index (κ1) is 43.8. The first-order valence-electron chi connectivity index (χ1n) is 16.9. The lowest BCUT2D eigenvalue weighted by Gasteiger charge is -2.30. The average molecular weight is 843 g/mol. The predicted octanol–water partition coefficient (Wildman–Crippen LogP) is 7.28. The maximum absolute atomic E-state index is 13.6. The Kier molecular flexibility index (Phi) is 12.4. The van der Waals surface area contributed by atoms with Crippen LogP contribution in [0.2, 0.25) is 0 Å². The van der Waals surface area contributed by atoms with Crippen LogP contribution in [0.25, 0.3) is 10.8 Å². The Labute approximate surface area is 320 Å². The maximum Gasteiger partial charge on any atom is 0.298 e. The van der Waals surface area contributed by atoms with Crippen molar-refractivity contribution in [3.05, 3.63) is 77.4 Å². The van der Waals surface area contributed by atoms with Gasteiger partial charge >= 0.3 is 0 Å². The van der Waals surface area contributed by atoms with Crippen LogP contribution in [-0.4, -0.2) is 63.3 Å². The van der Waals surface area contributed by atoms with Gasteiger partial charge < -0.3 is 9.47 Å². The summed E-state index contributed by atoms with van der Waals surface area (Å²) in [5.74, 6) is -2.73. The molecule has 0 bridgehead atoms. The van der Waals surface area contributed by atoms with Crippen LogP contribution in [-0.2, 0) is 45.9 Å². The van der Waals surface area contributed by atoms with Gasteiger partial charge in [-0.05, 0) is 103 Å². The van der Waals surface area contributed by atoms with Crippen molar-refractivity contribution in [2.24, 2.45) is 0 Å². The highest BCUT2D eigenvalue weighted by atomic mass is 32.2. The second kappa shape index (κ2) is 15.5. The molecule has 4 N–H and O–H groups in total. The summed E-state index contributed by atoms with van der Waals surface area (Å²) in [6.07, 6.45) is 2.56. The largest absolute Gasteiger partial charge is 0.486 e. The summed E-state index contributed by atoms with van der Waals surface area (Å²) in [5.41, 5.74) is -1.99. The van der Waals surface area contributed by atoms with Crippen molar-refractivity contribution in [2.45, 2.75) is 104 Å².